The summed E-state index contributed by atoms with van der Waals surface area (Å²) in [5, 5.41) is 2.28. The van der Waals surface area contributed by atoms with E-state index in [2.05, 4.69) is 4.98 Å². The molecule has 0 saturated heterocycles. The molecule has 1 heterocycles. The molecule has 0 saturated carbocycles. The third-order valence-electron chi connectivity index (χ3n) is 3.32. The van der Waals surface area contributed by atoms with Gasteiger partial charge in [0, 0.05) is 10.9 Å². The van der Waals surface area contributed by atoms with Crippen LogP contribution < -0.4 is 11.5 Å². The van der Waals surface area contributed by atoms with Gasteiger partial charge in [-0.1, -0.05) is 23.8 Å². The molecule has 8 heteroatoms. The number of hydrogen-bond acceptors (Lipinski definition) is 5. The first-order valence-electron chi connectivity index (χ1n) is 7.17. The van der Waals surface area contributed by atoms with Crippen LogP contribution in [0.2, 0.25) is 0 Å². The van der Waals surface area contributed by atoms with E-state index in [1.54, 1.807) is 5.38 Å². The van der Waals surface area contributed by atoms with Crippen molar-refractivity contribution in [1.82, 2.24) is 9.88 Å². The Bertz CT molecular complexity index is 784. The fourth-order valence-electron chi connectivity index (χ4n) is 2.29. The number of carbonyl (C=O) groups is 3. The van der Waals surface area contributed by atoms with Crippen molar-refractivity contribution in [1.29, 1.82) is 0 Å². The Balaban J connectivity index is 2.28. The summed E-state index contributed by atoms with van der Waals surface area (Å²) in [6, 6.07) is 5.95. The van der Waals surface area contributed by atoms with Gasteiger partial charge in [0.05, 0.1) is 0 Å². The molecular formula is C16H18N4O3S. The zero-order valence-corrected chi connectivity index (χ0v) is 14.2. The smallest absolute Gasteiger partial charge is 0.274 e. The largest absolute Gasteiger partial charge is 0.368 e. The predicted octanol–water partition coefficient (Wildman–Crippen LogP) is 0.840. The summed E-state index contributed by atoms with van der Waals surface area (Å²) in [6.07, 6.45) is 0. The Morgan fingerprint density at radius 3 is 2.29 bits per heavy atom. The van der Waals surface area contributed by atoms with Gasteiger partial charge in [0.15, 0.2) is 0 Å². The van der Waals surface area contributed by atoms with Gasteiger partial charge in [0.1, 0.15) is 23.8 Å². The number of nitrogens with two attached hydrogens (primary N) is 2. The highest BCUT2D eigenvalue weighted by Crippen LogP contribution is 2.27. The number of rotatable bonds is 6. The molecule has 4 N–H and O–H groups in total. The third-order valence-corrected chi connectivity index (χ3v) is 4.19. The van der Waals surface area contributed by atoms with Gasteiger partial charge in [-0.3, -0.25) is 14.4 Å². The monoisotopic (exact) mass is 346 g/mol. The van der Waals surface area contributed by atoms with Gasteiger partial charge in [0.2, 0.25) is 11.8 Å². The first-order valence-corrected chi connectivity index (χ1v) is 8.05. The molecule has 0 bridgehead atoms. The molecule has 0 aliphatic rings. The summed E-state index contributed by atoms with van der Waals surface area (Å²) in [5.41, 5.74) is 13.5. The lowest BCUT2D eigenvalue weighted by atomic mass is 10.1. The molecule has 0 atom stereocenters. The lowest BCUT2D eigenvalue weighted by molar-refractivity contribution is -0.121. The van der Waals surface area contributed by atoms with E-state index in [9.17, 15) is 14.4 Å². The fourth-order valence-corrected chi connectivity index (χ4v) is 3.17. The first kappa shape index (κ1) is 17.6. The van der Waals surface area contributed by atoms with E-state index in [0.29, 0.717) is 5.01 Å². The van der Waals surface area contributed by atoms with Gasteiger partial charge >= 0.3 is 0 Å². The molecule has 2 rings (SSSR count). The Hall–Kier alpha value is -2.74. The Labute approximate surface area is 143 Å². The molecule has 1 aromatic heterocycles. The summed E-state index contributed by atoms with van der Waals surface area (Å²) in [6.45, 7) is 3.19. The van der Waals surface area contributed by atoms with Gasteiger partial charge in [-0.05, 0) is 19.4 Å². The van der Waals surface area contributed by atoms with Crippen LogP contribution >= 0.6 is 11.3 Å². The molecule has 3 amide bonds. The van der Waals surface area contributed by atoms with Crippen molar-refractivity contribution in [3.8, 4) is 10.6 Å². The normalized spacial score (nSPS) is 10.4. The predicted molar refractivity (Wildman–Crippen MR) is 91.3 cm³/mol. The summed E-state index contributed by atoms with van der Waals surface area (Å²) in [7, 11) is 0. The minimum Gasteiger partial charge on any atom is -0.368 e. The van der Waals surface area contributed by atoms with Crippen LogP contribution in [0.1, 0.15) is 21.6 Å². The molecular weight excluding hydrogens is 328 g/mol. The highest BCUT2D eigenvalue weighted by atomic mass is 32.1. The molecule has 0 aliphatic heterocycles. The summed E-state index contributed by atoms with van der Waals surface area (Å²) < 4.78 is 0. The maximum Gasteiger partial charge on any atom is 0.274 e. The number of primary amides is 2. The van der Waals surface area contributed by atoms with Gasteiger partial charge < -0.3 is 16.4 Å². The van der Waals surface area contributed by atoms with Crippen molar-refractivity contribution in [2.24, 2.45) is 11.5 Å². The molecule has 0 radical (unpaired) electrons. The lowest BCUT2D eigenvalue weighted by Gasteiger charge is -2.17. The zero-order valence-electron chi connectivity index (χ0n) is 13.4. The summed E-state index contributed by atoms with van der Waals surface area (Å²) >= 11 is 1.32. The van der Waals surface area contributed by atoms with E-state index in [0.717, 1.165) is 21.6 Å². The number of hydrogen-bond donors (Lipinski definition) is 2. The highest BCUT2D eigenvalue weighted by Gasteiger charge is 2.22. The number of nitrogens with zero attached hydrogens (tertiary/aromatic N) is 2. The van der Waals surface area contributed by atoms with Crippen LogP contribution in [0.3, 0.4) is 0 Å². The minimum absolute atomic E-state index is 0.150. The standard InChI is InChI=1S/C16H18N4O3S/c1-9-3-4-11(10(2)5-9)15-19-12(8-24-15)16(23)20(6-13(17)21)7-14(18)22/h3-5,8H,6-7H2,1-2H3,(H2,17,21)(H2,18,22). The second kappa shape index (κ2) is 7.22. The SMILES string of the molecule is Cc1ccc(-c2nc(C(=O)N(CC(N)=O)CC(N)=O)cs2)c(C)c1. The third kappa shape index (κ3) is 4.17. The van der Waals surface area contributed by atoms with Crippen LogP contribution in [0.5, 0.6) is 0 Å². The Morgan fingerprint density at radius 1 is 1.12 bits per heavy atom. The molecule has 1 aromatic carbocycles. The van der Waals surface area contributed by atoms with Gasteiger partial charge in [-0.15, -0.1) is 11.3 Å². The number of carbonyl (C=O) groups excluding carboxylic acids is 3. The molecule has 0 unspecified atom stereocenters. The molecule has 0 aliphatic carbocycles. The quantitative estimate of drug-likeness (QED) is 0.805. The second-order valence-corrected chi connectivity index (χ2v) is 6.31. The average Bonchev–Trinajstić information content (AvgIpc) is 2.94. The van der Waals surface area contributed by atoms with Crippen LogP contribution in [0.25, 0.3) is 10.6 Å². The van der Waals surface area contributed by atoms with E-state index in [4.69, 9.17) is 11.5 Å². The van der Waals surface area contributed by atoms with Crippen LogP contribution in [0.15, 0.2) is 23.6 Å². The van der Waals surface area contributed by atoms with Crippen molar-refractivity contribution in [2.75, 3.05) is 13.1 Å². The number of aromatic nitrogens is 1. The van der Waals surface area contributed by atoms with E-state index >= 15 is 0 Å². The summed E-state index contributed by atoms with van der Waals surface area (Å²) in [4.78, 5) is 40.0. The maximum atomic E-state index is 12.5. The number of benzene rings is 1. The van der Waals surface area contributed by atoms with E-state index in [1.165, 1.54) is 11.3 Å². The number of aryl methyl sites for hydroxylation is 2. The molecule has 7 nitrogen and oxygen atoms in total. The molecule has 0 fully saturated rings. The van der Waals surface area contributed by atoms with Crippen molar-refractivity contribution in [2.45, 2.75) is 13.8 Å². The molecule has 24 heavy (non-hydrogen) atoms. The zero-order chi connectivity index (χ0) is 17.9. The van der Waals surface area contributed by atoms with Gasteiger partial charge in [-0.25, -0.2) is 4.98 Å². The lowest BCUT2D eigenvalue weighted by Crippen LogP contribution is -2.43. The van der Waals surface area contributed by atoms with Crippen molar-refractivity contribution in [3.63, 3.8) is 0 Å². The minimum atomic E-state index is -0.727. The Morgan fingerprint density at radius 2 is 1.75 bits per heavy atom. The van der Waals surface area contributed by atoms with Crippen LogP contribution in [-0.4, -0.2) is 40.7 Å². The topological polar surface area (TPSA) is 119 Å². The van der Waals surface area contributed by atoms with E-state index in [1.807, 2.05) is 32.0 Å². The Kier molecular flexibility index (Phi) is 5.30. The average molecular weight is 346 g/mol. The van der Waals surface area contributed by atoms with Crippen molar-refractivity contribution in [3.05, 3.63) is 40.4 Å². The maximum absolute atomic E-state index is 12.5. The van der Waals surface area contributed by atoms with Gasteiger partial charge in [-0.2, -0.15) is 0 Å². The van der Waals surface area contributed by atoms with Crippen LogP contribution in [0.4, 0.5) is 0 Å². The fraction of sp³-hybridized carbons (Fsp3) is 0.250. The molecule has 2 aromatic rings. The highest BCUT2D eigenvalue weighted by molar-refractivity contribution is 7.13. The van der Waals surface area contributed by atoms with Crippen molar-refractivity contribution < 1.29 is 14.4 Å². The van der Waals surface area contributed by atoms with Crippen molar-refractivity contribution >= 4 is 29.1 Å². The first-order chi connectivity index (χ1) is 11.3. The van der Waals surface area contributed by atoms with Crippen LogP contribution in [0, 0.1) is 13.8 Å². The summed E-state index contributed by atoms with van der Waals surface area (Å²) in [5.74, 6) is -2.01. The van der Waals surface area contributed by atoms with Gasteiger partial charge in [0.25, 0.3) is 5.91 Å². The molecule has 126 valence electrons. The van der Waals surface area contributed by atoms with E-state index < -0.39 is 30.8 Å². The second-order valence-electron chi connectivity index (χ2n) is 5.45. The molecule has 0 spiro atoms. The number of thiazole rings is 1. The van der Waals surface area contributed by atoms with E-state index in [-0.39, 0.29) is 5.69 Å². The van der Waals surface area contributed by atoms with Crippen LogP contribution in [-0.2, 0) is 9.59 Å². The number of amides is 3.